The maximum absolute atomic E-state index is 12.4. The number of sulfonamides is 1. The van der Waals surface area contributed by atoms with Crippen LogP contribution >= 0.6 is 11.6 Å². The summed E-state index contributed by atoms with van der Waals surface area (Å²) in [6, 6.07) is 3.90. The average molecular weight is 321 g/mol. The highest BCUT2D eigenvalue weighted by Crippen LogP contribution is 2.27. The SMILES string of the molecule is CC(C)(C)C(CCO)NS(=O)(=O)c1cc(N)ccc1Cl. The zero-order valence-corrected chi connectivity index (χ0v) is 13.4. The smallest absolute Gasteiger partial charge is 0.242 e. The number of halogens is 1. The number of nitrogens with two attached hydrogens (primary N) is 1. The first-order valence-electron chi connectivity index (χ1n) is 6.26. The van der Waals surface area contributed by atoms with Crippen molar-refractivity contribution in [2.24, 2.45) is 5.41 Å². The van der Waals surface area contributed by atoms with Gasteiger partial charge in [0, 0.05) is 18.3 Å². The summed E-state index contributed by atoms with van der Waals surface area (Å²) in [5, 5.41) is 9.20. The van der Waals surface area contributed by atoms with E-state index < -0.39 is 16.1 Å². The molecule has 5 nitrogen and oxygen atoms in total. The first kappa shape index (κ1) is 17.2. The third kappa shape index (κ3) is 4.34. The van der Waals surface area contributed by atoms with Gasteiger partial charge in [0.05, 0.1) is 5.02 Å². The van der Waals surface area contributed by atoms with Gasteiger partial charge in [0.1, 0.15) is 4.90 Å². The fourth-order valence-corrected chi connectivity index (χ4v) is 3.79. The van der Waals surface area contributed by atoms with Crippen molar-refractivity contribution in [3.63, 3.8) is 0 Å². The molecule has 1 unspecified atom stereocenters. The molecule has 20 heavy (non-hydrogen) atoms. The molecule has 0 fully saturated rings. The summed E-state index contributed by atoms with van der Waals surface area (Å²) >= 11 is 5.93. The summed E-state index contributed by atoms with van der Waals surface area (Å²) < 4.78 is 27.4. The molecule has 1 aromatic rings. The maximum Gasteiger partial charge on any atom is 0.242 e. The van der Waals surface area contributed by atoms with Crippen LogP contribution in [0.15, 0.2) is 23.1 Å². The van der Waals surface area contributed by atoms with Gasteiger partial charge >= 0.3 is 0 Å². The van der Waals surface area contributed by atoms with E-state index in [1.165, 1.54) is 18.2 Å². The van der Waals surface area contributed by atoms with Crippen molar-refractivity contribution in [2.75, 3.05) is 12.3 Å². The third-order valence-electron chi connectivity index (χ3n) is 3.01. The van der Waals surface area contributed by atoms with Crippen LogP contribution in [-0.4, -0.2) is 26.2 Å². The summed E-state index contributed by atoms with van der Waals surface area (Å²) in [5.41, 5.74) is 5.60. The molecule has 0 bridgehead atoms. The molecule has 1 rings (SSSR count). The number of aliphatic hydroxyl groups excluding tert-OH is 1. The number of rotatable bonds is 5. The van der Waals surface area contributed by atoms with Crippen molar-refractivity contribution in [1.29, 1.82) is 0 Å². The quantitative estimate of drug-likeness (QED) is 0.723. The normalized spacial score (nSPS) is 14.2. The Bertz CT molecular complexity index is 567. The van der Waals surface area contributed by atoms with Crippen molar-refractivity contribution in [3.05, 3.63) is 23.2 Å². The van der Waals surface area contributed by atoms with E-state index >= 15 is 0 Å². The minimum atomic E-state index is -3.79. The number of hydrogen-bond donors (Lipinski definition) is 3. The van der Waals surface area contributed by atoms with Crippen molar-refractivity contribution < 1.29 is 13.5 Å². The Morgan fingerprint density at radius 3 is 2.50 bits per heavy atom. The van der Waals surface area contributed by atoms with Gasteiger partial charge in [-0.05, 0) is 30.0 Å². The molecule has 0 saturated heterocycles. The van der Waals surface area contributed by atoms with Gasteiger partial charge in [-0.3, -0.25) is 0 Å². The van der Waals surface area contributed by atoms with Crippen LogP contribution in [-0.2, 0) is 10.0 Å². The predicted octanol–water partition coefficient (Wildman–Crippen LogP) is 2.00. The zero-order valence-electron chi connectivity index (χ0n) is 11.9. The van der Waals surface area contributed by atoms with Crippen LogP contribution in [0.4, 0.5) is 5.69 Å². The average Bonchev–Trinajstić information content (AvgIpc) is 2.30. The summed E-state index contributed by atoms with van der Waals surface area (Å²) in [5.74, 6) is 0. The predicted molar refractivity (Wildman–Crippen MR) is 81.1 cm³/mol. The molecule has 0 amide bonds. The van der Waals surface area contributed by atoms with Gasteiger partial charge in [-0.15, -0.1) is 0 Å². The second-order valence-electron chi connectivity index (χ2n) is 5.74. The molecule has 0 aliphatic carbocycles. The standard InChI is InChI=1S/C13H21ClN2O3S/c1-13(2,3)12(6-7-17)16-20(18,19)11-8-9(15)4-5-10(11)14/h4-5,8,12,16-17H,6-7,15H2,1-3H3. The number of aliphatic hydroxyl groups is 1. The van der Waals surface area contributed by atoms with Crippen LogP contribution in [0.3, 0.4) is 0 Å². The Hall–Kier alpha value is -0.820. The highest BCUT2D eigenvalue weighted by Gasteiger charge is 2.30. The Morgan fingerprint density at radius 2 is 2.00 bits per heavy atom. The minimum Gasteiger partial charge on any atom is -0.399 e. The molecular weight excluding hydrogens is 300 g/mol. The third-order valence-corrected chi connectivity index (χ3v) is 4.96. The molecule has 4 N–H and O–H groups in total. The van der Waals surface area contributed by atoms with Gasteiger partial charge in [0.25, 0.3) is 0 Å². The molecular formula is C13H21ClN2O3S. The summed E-state index contributed by atoms with van der Waals surface area (Å²) in [6.45, 7) is 5.60. The van der Waals surface area contributed by atoms with Crippen LogP contribution in [0.2, 0.25) is 5.02 Å². The van der Waals surface area contributed by atoms with Gasteiger partial charge < -0.3 is 10.8 Å². The lowest BCUT2D eigenvalue weighted by Crippen LogP contribution is -2.44. The fourth-order valence-electron chi connectivity index (χ4n) is 1.77. The van der Waals surface area contributed by atoms with E-state index in [9.17, 15) is 8.42 Å². The Balaban J connectivity index is 3.13. The Labute approximate surface area is 125 Å². The molecule has 1 aromatic carbocycles. The van der Waals surface area contributed by atoms with Crippen molar-refractivity contribution in [3.8, 4) is 0 Å². The van der Waals surface area contributed by atoms with E-state index in [0.29, 0.717) is 12.1 Å². The highest BCUT2D eigenvalue weighted by atomic mass is 35.5. The summed E-state index contributed by atoms with van der Waals surface area (Å²) in [6.07, 6.45) is 0.322. The maximum atomic E-state index is 12.4. The van der Waals surface area contributed by atoms with Gasteiger partial charge in [-0.2, -0.15) is 0 Å². The van der Waals surface area contributed by atoms with Crippen LogP contribution in [0.5, 0.6) is 0 Å². The number of nitrogens with one attached hydrogen (secondary N) is 1. The van der Waals surface area contributed by atoms with Crippen LogP contribution in [0.25, 0.3) is 0 Å². The first-order valence-corrected chi connectivity index (χ1v) is 8.12. The molecule has 0 radical (unpaired) electrons. The van der Waals surface area contributed by atoms with Crippen molar-refractivity contribution in [2.45, 2.75) is 38.1 Å². The molecule has 0 aliphatic heterocycles. The van der Waals surface area contributed by atoms with E-state index in [-0.39, 0.29) is 21.9 Å². The topological polar surface area (TPSA) is 92.4 Å². The number of benzene rings is 1. The minimum absolute atomic E-state index is 0.0497. The lowest BCUT2D eigenvalue weighted by Gasteiger charge is -2.31. The van der Waals surface area contributed by atoms with Gasteiger partial charge in [-0.25, -0.2) is 13.1 Å². The largest absolute Gasteiger partial charge is 0.399 e. The molecule has 7 heteroatoms. The lowest BCUT2D eigenvalue weighted by atomic mass is 9.86. The van der Waals surface area contributed by atoms with Crippen LogP contribution in [0.1, 0.15) is 27.2 Å². The van der Waals surface area contributed by atoms with Crippen molar-refractivity contribution >= 4 is 27.3 Å². The van der Waals surface area contributed by atoms with Gasteiger partial charge in [0.2, 0.25) is 10.0 Å². The zero-order chi connectivity index (χ0) is 15.6. The fraction of sp³-hybridized carbons (Fsp3) is 0.538. The molecule has 114 valence electrons. The van der Waals surface area contributed by atoms with Crippen molar-refractivity contribution in [1.82, 2.24) is 4.72 Å². The number of hydrogen-bond acceptors (Lipinski definition) is 4. The van der Waals surface area contributed by atoms with Crippen LogP contribution < -0.4 is 10.5 Å². The second kappa shape index (κ2) is 6.30. The van der Waals surface area contributed by atoms with E-state index in [1.807, 2.05) is 20.8 Å². The summed E-state index contributed by atoms with van der Waals surface area (Å²) in [7, 11) is -3.79. The molecule has 0 heterocycles. The number of nitrogen functional groups attached to an aromatic ring is 1. The molecule has 0 aliphatic rings. The van der Waals surface area contributed by atoms with Crippen LogP contribution in [0, 0.1) is 5.41 Å². The summed E-state index contributed by atoms with van der Waals surface area (Å²) in [4.78, 5) is -0.0497. The Morgan fingerprint density at radius 1 is 1.40 bits per heavy atom. The van der Waals surface area contributed by atoms with Gasteiger partial charge in [-0.1, -0.05) is 32.4 Å². The second-order valence-corrected chi connectivity index (χ2v) is 7.83. The molecule has 1 atom stereocenters. The molecule has 0 saturated carbocycles. The highest BCUT2D eigenvalue weighted by molar-refractivity contribution is 7.89. The first-order chi connectivity index (χ1) is 9.08. The molecule has 0 spiro atoms. The van der Waals surface area contributed by atoms with E-state index in [0.717, 1.165) is 0 Å². The van der Waals surface area contributed by atoms with E-state index in [2.05, 4.69) is 4.72 Å². The molecule has 0 aromatic heterocycles. The Kier molecular flexibility index (Phi) is 5.43. The van der Waals surface area contributed by atoms with E-state index in [4.69, 9.17) is 22.4 Å². The number of anilines is 1. The van der Waals surface area contributed by atoms with E-state index in [1.54, 1.807) is 0 Å². The monoisotopic (exact) mass is 320 g/mol. The lowest BCUT2D eigenvalue weighted by molar-refractivity contribution is 0.214. The van der Waals surface area contributed by atoms with Gasteiger partial charge in [0.15, 0.2) is 0 Å².